The average Bonchev–Trinajstić information content (AvgIpc) is 3.33. The molecule has 0 unspecified atom stereocenters. The van der Waals surface area contributed by atoms with Crippen LogP contribution in [0.5, 0.6) is 0 Å². The van der Waals surface area contributed by atoms with Crippen molar-refractivity contribution >= 4 is 11.6 Å². The number of benzene rings is 1. The molecule has 0 atom stereocenters. The summed E-state index contributed by atoms with van der Waals surface area (Å²) in [7, 11) is 0. The van der Waals surface area contributed by atoms with E-state index in [0.717, 1.165) is 25.0 Å². The van der Waals surface area contributed by atoms with Crippen molar-refractivity contribution in [3.05, 3.63) is 56.9 Å². The maximum absolute atomic E-state index is 13.9. The van der Waals surface area contributed by atoms with Crippen LogP contribution < -0.4 is 0 Å². The molecule has 1 fully saturated rings. The Morgan fingerprint density at radius 2 is 2.08 bits per heavy atom. The fraction of sp³-hybridized carbons (Fsp3) is 0.412. The highest BCUT2D eigenvalue weighted by molar-refractivity contribution is 5.77. The Kier molecular flexibility index (Phi) is 4.71. The third-order valence-electron chi connectivity index (χ3n) is 4.47. The van der Waals surface area contributed by atoms with Gasteiger partial charge in [0, 0.05) is 24.2 Å². The van der Waals surface area contributed by atoms with Crippen LogP contribution in [0, 0.1) is 35.6 Å². The molecular formula is C17H18F2N4O3. The van der Waals surface area contributed by atoms with Crippen LogP contribution in [0.3, 0.4) is 0 Å². The molecule has 0 spiro atoms. The number of nitro groups is 1. The zero-order valence-corrected chi connectivity index (χ0v) is 14.4. The second-order valence-electron chi connectivity index (χ2n) is 6.42. The van der Waals surface area contributed by atoms with Crippen LogP contribution in [0.4, 0.5) is 14.5 Å². The molecule has 3 rings (SSSR count). The molecule has 0 bridgehead atoms. The molecule has 26 heavy (non-hydrogen) atoms. The number of halogens is 2. The normalized spacial score (nSPS) is 13.7. The molecule has 0 aliphatic heterocycles. The third-order valence-corrected chi connectivity index (χ3v) is 4.47. The molecular weight excluding hydrogens is 346 g/mol. The van der Waals surface area contributed by atoms with Crippen LogP contribution in [0.2, 0.25) is 0 Å². The Hall–Kier alpha value is -2.84. The molecule has 1 amide bonds. The molecule has 138 valence electrons. The molecule has 2 aromatic rings. The number of aryl methyl sites for hydroxylation is 1. The lowest BCUT2D eigenvalue weighted by Crippen LogP contribution is -2.36. The first-order valence-corrected chi connectivity index (χ1v) is 8.19. The zero-order chi connectivity index (χ0) is 19.0. The fourth-order valence-electron chi connectivity index (χ4n) is 2.97. The Morgan fingerprint density at radius 3 is 2.62 bits per heavy atom. The van der Waals surface area contributed by atoms with Gasteiger partial charge in [0.15, 0.2) is 0 Å². The maximum atomic E-state index is 13.9. The van der Waals surface area contributed by atoms with Gasteiger partial charge in [0.1, 0.15) is 29.6 Å². The summed E-state index contributed by atoms with van der Waals surface area (Å²) in [5.74, 6) is -1.69. The van der Waals surface area contributed by atoms with Gasteiger partial charge in [-0.1, -0.05) is 6.07 Å². The maximum Gasteiger partial charge on any atom is 0.312 e. The van der Waals surface area contributed by atoms with Crippen molar-refractivity contribution in [2.75, 3.05) is 0 Å². The van der Waals surface area contributed by atoms with Crippen LogP contribution in [0.25, 0.3) is 0 Å². The van der Waals surface area contributed by atoms with E-state index < -0.39 is 16.6 Å². The first-order valence-electron chi connectivity index (χ1n) is 8.19. The van der Waals surface area contributed by atoms with E-state index in [1.807, 2.05) is 0 Å². The number of carbonyl (C=O) groups is 1. The van der Waals surface area contributed by atoms with Crippen LogP contribution in [-0.4, -0.2) is 31.6 Å². The van der Waals surface area contributed by atoms with E-state index >= 15 is 0 Å². The van der Waals surface area contributed by atoms with Crippen molar-refractivity contribution in [3.63, 3.8) is 0 Å². The summed E-state index contributed by atoms with van der Waals surface area (Å²) < 4.78 is 28.3. The largest absolute Gasteiger partial charge is 0.334 e. The summed E-state index contributed by atoms with van der Waals surface area (Å²) in [6.07, 6.45) is 1.62. The number of hydrogen-bond acceptors (Lipinski definition) is 4. The van der Waals surface area contributed by atoms with E-state index in [-0.39, 0.29) is 42.0 Å². The fourth-order valence-corrected chi connectivity index (χ4v) is 2.97. The Morgan fingerprint density at radius 1 is 1.38 bits per heavy atom. The second-order valence-corrected chi connectivity index (χ2v) is 6.42. The number of nitrogens with zero attached hydrogens (tertiary/aromatic N) is 4. The minimum atomic E-state index is -0.704. The van der Waals surface area contributed by atoms with Gasteiger partial charge in [0.2, 0.25) is 5.91 Å². The number of rotatable bonds is 6. The first-order chi connectivity index (χ1) is 12.3. The molecule has 1 aliphatic carbocycles. The van der Waals surface area contributed by atoms with Gasteiger partial charge >= 0.3 is 5.69 Å². The standard InChI is InChI=1S/C17H18F2N4O3/c1-10-17(23(25)26)11(2)22(20-10)9-16(24)21(14-5-6-14)8-12-3-4-13(18)7-15(12)19/h3-4,7,14H,5-6,8-9H2,1-2H3. The van der Waals surface area contributed by atoms with Gasteiger partial charge < -0.3 is 4.90 Å². The monoisotopic (exact) mass is 364 g/mol. The minimum absolute atomic E-state index is 0.00101. The van der Waals surface area contributed by atoms with Crippen LogP contribution >= 0.6 is 0 Å². The van der Waals surface area contributed by atoms with Crippen LogP contribution in [0.15, 0.2) is 18.2 Å². The smallest absolute Gasteiger partial charge is 0.312 e. The average molecular weight is 364 g/mol. The van der Waals surface area contributed by atoms with Crippen LogP contribution in [-0.2, 0) is 17.9 Å². The number of hydrogen-bond donors (Lipinski definition) is 0. The van der Waals surface area contributed by atoms with Gasteiger partial charge in [0.25, 0.3) is 0 Å². The lowest BCUT2D eigenvalue weighted by Gasteiger charge is -2.23. The van der Waals surface area contributed by atoms with Gasteiger partial charge in [0.05, 0.1) is 4.92 Å². The summed E-state index contributed by atoms with van der Waals surface area (Å²) in [6.45, 7) is 2.90. The van der Waals surface area contributed by atoms with Crippen molar-refractivity contribution in [2.45, 2.75) is 45.8 Å². The Balaban J connectivity index is 1.80. The van der Waals surface area contributed by atoms with Crippen LogP contribution in [0.1, 0.15) is 29.8 Å². The van der Waals surface area contributed by atoms with Crippen molar-refractivity contribution in [1.29, 1.82) is 0 Å². The molecule has 0 radical (unpaired) electrons. The number of amides is 1. The van der Waals surface area contributed by atoms with Gasteiger partial charge in [-0.15, -0.1) is 0 Å². The highest BCUT2D eigenvalue weighted by atomic mass is 19.1. The summed E-state index contributed by atoms with van der Waals surface area (Å²) in [4.78, 5) is 24.8. The third kappa shape index (κ3) is 3.56. The summed E-state index contributed by atoms with van der Waals surface area (Å²) in [6, 6.07) is 3.26. The molecule has 0 N–H and O–H groups in total. The molecule has 7 nitrogen and oxygen atoms in total. The molecule has 1 aromatic carbocycles. The Bertz CT molecular complexity index is 877. The van der Waals surface area contributed by atoms with Crippen molar-refractivity contribution in [1.82, 2.24) is 14.7 Å². The lowest BCUT2D eigenvalue weighted by molar-refractivity contribution is -0.386. The topological polar surface area (TPSA) is 81.3 Å². The Labute approximate surface area is 148 Å². The van der Waals surface area contributed by atoms with E-state index in [2.05, 4.69) is 5.10 Å². The van der Waals surface area contributed by atoms with Crippen molar-refractivity contribution in [3.8, 4) is 0 Å². The summed E-state index contributed by atoms with van der Waals surface area (Å²) in [5, 5.41) is 15.2. The summed E-state index contributed by atoms with van der Waals surface area (Å²) >= 11 is 0. The summed E-state index contributed by atoms with van der Waals surface area (Å²) in [5.41, 5.74) is 0.652. The lowest BCUT2D eigenvalue weighted by atomic mass is 10.2. The molecule has 1 aliphatic rings. The second kappa shape index (κ2) is 6.81. The highest BCUT2D eigenvalue weighted by Gasteiger charge is 2.34. The SMILES string of the molecule is Cc1nn(CC(=O)N(Cc2ccc(F)cc2F)C2CC2)c(C)c1[N+](=O)[O-]. The molecule has 1 heterocycles. The quantitative estimate of drug-likeness (QED) is 0.583. The van der Waals surface area contributed by atoms with E-state index in [4.69, 9.17) is 0 Å². The zero-order valence-electron chi connectivity index (χ0n) is 14.4. The van der Waals surface area contributed by atoms with E-state index in [1.165, 1.54) is 29.5 Å². The first kappa shape index (κ1) is 18.0. The molecule has 1 aromatic heterocycles. The minimum Gasteiger partial charge on any atom is -0.334 e. The van der Waals surface area contributed by atoms with E-state index in [0.29, 0.717) is 5.69 Å². The number of aromatic nitrogens is 2. The highest BCUT2D eigenvalue weighted by Crippen LogP contribution is 2.30. The van der Waals surface area contributed by atoms with Gasteiger partial charge in [-0.2, -0.15) is 5.10 Å². The van der Waals surface area contributed by atoms with Gasteiger partial charge in [-0.3, -0.25) is 19.6 Å². The molecule has 9 heteroatoms. The predicted molar refractivity (Wildman–Crippen MR) is 88.3 cm³/mol. The van der Waals surface area contributed by atoms with Gasteiger partial charge in [-0.05, 0) is 32.8 Å². The van der Waals surface area contributed by atoms with E-state index in [9.17, 15) is 23.7 Å². The number of carbonyl (C=O) groups excluding carboxylic acids is 1. The molecule has 1 saturated carbocycles. The van der Waals surface area contributed by atoms with Crippen molar-refractivity contribution < 1.29 is 18.5 Å². The van der Waals surface area contributed by atoms with Crippen molar-refractivity contribution in [2.24, 2.45) is 0 Å². The molecule has 0 saturated heterocycles. The van der Waals surface area contributed by atoms with E-state index in [1.54, 1.807) is 0 Å². The predicted octanol–water partition coefficient (Wildman–Crippen LogP) is 2.88. The van der Waals surface area contributed by atoms with Gasteiger partial charge in [-0.25, -0.2) is 8.78 Å².